The first-order valence-electron chi connectivity index (χ1n) is 7.29. The lowest BCUT2D eigenvalue weighted by atomic mass is 10.0. The van der Waals surface area contributed by atoms with Crippen molar-refractivity contribution in [3.05, 3.63) is 41.2 Å². The van der Waals surface area contributed by atoms with Crippen LogP contribution in [0.3, 0.4) is 0 Å². The molecule has 0 spiro atoms. The van der Waals surface area contributed by atoms with E-state index >= 15 is 0 Å². The number of nitrogens with zero attached hydrogens (tertiary/aromatic N) is 3. The lowest BCUT2D eigenvalue weighted by Crippen LogP contribution is -2.11. The Kier molecular flexibility index (Phi) is 5.24. The molecule has 0 aliphatic carbocycles. The zero-order valence-corrected chi connectivity index (χ0v) is 13.6. The molecule has 0 amide bonds. The molecule has 1 aromatic carbocycles. The highest BCUT2D eigenvalue weighted by Crippen LogP contribution is 2.38. The molecule has 0 atom stereocenters. The first-order valence-corrected chi connectivity index (χ1v) is 7.29. The van der Waals surface area contributed by atoms with Gasteiger partial charge in [0.25, 0.3) is 0 Å². The van der Waals surface area contributed by atoms with Gasteiger partial charge in [-0.2, -0.15) is 26.3 Å². The van der Waals surface area contributed by atoms with Crippen molar-refractivity contribution >= 4 is 12.5 Å². The fourth-order valence-electron chi connectivity index (χ4n) is 2.02. The van der Waals surface area contributed by atoms with E-state index in [1.807, 2.05) is 0 Å². The Bertz CT molecular complexity index is 801. The standard InChI is InChI=1S/C16H13F6N3O/c1-9(2)11(7-26)6-25-8-23-14(24-25)10-3-12(15(17,18)19)5-13(4-10)16(20,21)22/h3-9H,1-2H3/b11-6+. The van der Waals surface area contributed by atoms with Crippen LogP contribution in [0.5, 0.6) is 0 Å². The van der Waals surface area contributed by atoms with Crippen molar-refractivity contribution in [2.45, 2.75) is 26.2 Å². The summed E-state index contributed by atoms with van der Waals surface area (Å²) >= 11 is 0. The van der Waals surface area contributed by atoms with Crippen molar-refractivity contribution in [2.75, 3.05) is 0 Å². The molecule has 1 heterocycles. The van der Waals surface area contributed by atoms with Gasteiger partial charge in [0.05, 0.1) is 11.1 Å². The number of benzene rings is 1. The van der Waals surface area contributed by atoms with E-state index in [4.69, 9.17) is 0 Å². The van der Waals surface area contributed by atoms with E-state index in [1.165, 1.54) is 6.20 Å². The number of carbonyl (C=O) groups excluding carboxylic acids is 1. The van der Waals surface area contributed by atoms with Crippen LogP contribution < -0.4 is 0 Å². The summed E-state index contributed by atoms with van der Waals surface area (Å²) < 4.78 is 78.5. The van der Waals surface area contributed by atoms with Crippen LogP contribution in [0.15, 0.2) is 30.1 Å². The highest BCUT2D eigenvalue weighted by atomic mass is 19.4. The largest absolute Gasteiger partial charge is 0.416 e. The summed E-state index contributed by atoms with van der Waals surface area (Å²) in [6.07, 6.45) is -6.94. The van der Waals surface area contributed by atoms with Gasteiger partial charge in [0.15, 0.2) is 5.82 Å². The van der Waals surface area contributed by atoms with E-state index in [1.54, 1.807) is 13.8 Å². The second kappa shape index (κ2) is 6.93. The zero-order valence-electron chi connectivity index (χ0n) is 13.6. The minimum atomic E-state index is -4.96. The lowest BCUT2D eigenvalue weighted by molar-refractivity contribution is -0.143. The predicted octanol–water partition coefficient (Wildman–Crippen LogP) is 4.68. The van der Waals surface area contributed by atoms with E-state index in [9.17, 15) is 31.1 Å². The van der Waals surface area contributed by atoms with Gasteiger partial charge in [-0.1, -0.05) is 13.8 Å². The maximum atomic E-state index is 12.9. The van der Waals surface area contributed by atoms with Gasteiger partial charge in [-0.3, -0.25) is 4.79 Å². The molecule has 2 rings (SSSR count). The van der Waals surface area contributed by atoms with Crippen molar-refractivity contribution < 1.29 is 31.1 Å². The molecular weight excluding hydrogens is 364 g/mol. The Labute approximate surface area is 144 Å². The van der Waals surface area contributed by atoms with Crippen LogP contribution in [0.25, 0.3) is 17.6 Å². The number of allylic oxidation sites excluding steroid dienone is 1. The summed E-state index contributed by atoms with van der Waals surface area (Å²) in [6.45, 7) is 3.47. The molecule has 26 heavy (non-hydrogen) atoms. The summed E-state index contributed by atoms with van der Waals surface area (Å²) in [7, 11) is 0. The van der Waals surface area contributed by atoms with Gasteiger partial charge in [-0.25, -0.2) is 9.67 Å². The third kappa shape index (κ3) is 4.50. The molecule has 0 radical (unpaired) electrons. The Morgan fingerprint density at radius 2 is 1.58 bits per heavy atom. The number of aromatic nitrogens is 3. The molecule has 2 aromatic rings. The van der Waals surface area contributed by atoms with Crippen LogP contribution in [0.2, 0.25) is 0 Å². The van der Waals surface area contributed by atoms with E-state index in [0.29, 0.717) is 24.0 Å². The van der Waals surface area contributed by atoms with Gasteiger partial charge in [0.2, 0.25) is 0 Å². The first-order chi connectivity index (χ1) is 11.9. The molecule has 0 saturated heterocycles. The Morgan fingerprint density at radius 1 is 1.04 bits per heavy atom. The Balaban J connectivity index is 2.54. The minimum Gasteiger partial charge on any atom is -0.298 e. The van der Waals surface area contributed by atoms with Gasteiger partial charge in [-0.15, -0.1) is 5.10 Å². The molecule has 0 N–H and O–H groups in total. The maximum Gasteiger partial charge on any atom is 0.416 e. The predicted molar refractivity (Wildman–Crippen MR) is 80.6 cm³/mol. The quantitative estimate of drug-likeness (QED) is 0.442. The van der Waals surface area contributed by atoms with E-state index in [-0.39, 0.29) is 17.8 Å². The first kappa shape index (κ1) is 19.7. The minimum absolute atomic E-state index is 0.0314. The third-order valence-corrected chi connectivity index (χ3v) is 3.44. The summed E-state index contributed by atoms with van der Waals surface area (Å²) in [5, 5.41) is 3.83. The second-order valence-electron chi connectivity index (χ2n) is 5.74. The molecule has 4 nitrogen and oxygen atoms in total. The molecule has 140 valence electrons. The van der Waals surface area contributed by atoms with Crippen molar-refractivity contribution in [3.8, 4) is 11.4 Å². The second-order valence-corrected chi connectivity index (χ2v) is 5.74. The highest BCUT2D eigenvalue weighted by molar-refractivity contribution is 5.78. The topological polar surface area (TPSA) is 47.8 Å². The maximum absolute atomic E-state index is 12.9. The number of alkyl halides is 6. The van der Waals surface area contributed by atoms with Crippen LogP contribution in [0.4, 0.5) is 26.3 Å². The average Bonchev–Trinajstić information content (AvgIpc) is 2.98. The van der Waals surface area contributed by atoms with Crippen molar-refractivity contribution in [3.63, 3.8) is 0 Å². The molecular formula is C16H13F6N3O. The molecule has 0 bridgehead atoms. The van der Waals surface area contributed by atoms with E-state index < -0.39 is 29.0 Å². The summed E-state index contributed by atoms with van der Waals surface area (Å²) in [5.41, 5.74) is -3.01. The normalized spacial score (nSPS) is 13.3. The molecule has 0 saturated carbocycles. The molecule has 0 aliphatic rings. The van der Waals surface area contributed by atoms with E-state index in [2.05, 4.69) is 10.1 Å². The fraction of sp³-hybridized carbons (Fsp3) is 0.312. The molecule has 0 aliphatic heterocycles. The molecule has 0 unspecified atom stereocenters. The number of rotatable bonds is 4. The summed E-state index contributed by atoms with van der Waals surface area (Å²) in [5.74, 6) is -0.475. The fourth-order valence-corrected chi connectivity index (χ4v) is 2.02. The van der Waals surface area contributed by atoms with E-state index in [0.717, 1.165) is 11.0 Å². The summed E-state index contributed by atoms with van der Waals surface area (Å²) in [4.78, 5) is 14.7. The molecule has 10 heteroatoms. The van der Waals surface area contributed by atoms with Crippen molar-refractivity contribution in [1.29, 1.82) is 0 Å². The monoisotopic (exact) mass is 377 g/mol. The van der Waals surface area contributed by atoms with Gasteiger partial charge < -0.3 is 0 Å². The summed E-state index contributed by atoms with van der Waals surface area (Å²) in [6, 6.07) is 1.12. The average molecular weight is 377 g/mol. The van der Waals surface area contributed by atoms with Crippen molar-refractivity contribution in [2.24, 2.45) is 5.92 Å². The third-order valence-electron chi connectivity index (χ3n) is 3.44. The zero-order chi connectivity index (χ0) is 19.7. The number of halogens is 6. The van der Waals surface area contributed by atoms with Crippen LogP contribution in [-0.4, -0.2) is 21.1 Å². The molecule has 1 aromatic heterocycles. The highest BCUT2D eigenvalue weighted by Gasteiger charge is 2.37. The Hall–Kier alpha value is -2.65. The molecule has 0 fully saturated rings. The van der Waals surface area contributed by atoms with Crippen LogP contribution >= 0.6 is 0 Å². The van der Waals surface area contributed by atoms with Gasteiger partial charge in [0, 0.05) is 17.3 Å². The van der Waals surface area contributed by atoms with Gasteiger partial charge in [0.1, 0.15) is 12.6 Å². The number of hydrogen-bond acceptors (Lipinski definition) is 3. The van der Waals surface area contributed by atoms with Crippen LogP contribution in [-0.2, 0) is 17.1 Å². The van der Waals surface area contributed by atoms with Gasteiger partial charge in [-0.05, 0) is 24.1 Å². The van der Waals surface area contributed by atoms with Crippen LogP contribution in [0, 0.1) is 5.92 Å². The number of carbonyl (C=O) groups is 1. The smallest absolute Gasteiger partial charge is 0.298 e. The lowest BCUT2D eigenvalue weighted by Gasteiger charge is -2.13. The SMILES string of the molecule is CC(C)/C(C=O)=C/n1cnc(-c2cc(C(F)(F)F)cc(C(F)(F)F)c2)n1. The number of hydrogen-bond donors (Lipinski definition) is 0. The number of aldehydes is 1. The Morgan fingerprint density at radius 3 is 2.00 bits per heavy atom. The van der Waals surface area contributed by atoms with Crippen LogP contribution in [0.1, 0.15) is 25.0 Å². The van der Waals surface area contributed by atoms with Gasteiger partial charge >= 0.3 is 12.4 Å². The van der Waals surface area contributed by atoms with Crippen molar-refractivity contribution in [1.82, 2.24) is 14.8 Å².